The van der Waals surface area contributed by atoms with Gasteiger partial charge in [0.25, 0.3) is 11.5 Å². The van der Waals surface area contributed by atoms with E-state index >= 15 is 0 Å². The molecule has 1 atom stereocenters. The lowest BCUT2D eigenvalue weighted by atomic mass is 10.1. The van der Waals surface area contributed by atoms with E-state index in [1.54, 1.807) is 0 Å². The molecule has 0 saturated carbocycles. The largest absolute Gasteiger partial charge is 0.481 e. The van der Waals surface area contributed by atoms with Crippen molar-refractivity contribution in [3.05, 3.63) is 52.1 Å². The number of hydrogen-bond donors (Lipinski definition) is 7. The van der Waals surface area contributed by atoms with E-state index in [0.29, 0.717) is 0 Å². The lowest BCUT2D eigenvalue weighted by Gasteiger charge is -2.23. The number of nitrogens with one attached hydrogen (secondary N) is 3. The van der Waals surface area contributed by atoms with Crippen molar-refractivity contribution < 1.29 is 34.5 Å². The molecule has 2 heterocycles. The van der Waals surface area contributed by atoms with Crippen LogP contribution in [0.5, 0.6) is 0 Å². The number of aromatic amines is 1. The first-order valence-electron chi connectivity index (χ1n) is 10.2. The smallest absolute Gasteiger partial charge is 0.423 e. The molecule has 16 heteroatoms. The summed E-state index contributed by atoms with van der Waals surface area (Å²) in [6.07, 6.45) is -0.863. The number of fused-ring (bicyclic) bond motifs is 1. The van der Waals surface area contributed by atoms with Crippen molar-refractivity contribution in [2.24, 2.45) is 0 Å². The Hall–Kier alpha value is -5.28. The van der Waals surface area contributed by atoms with Crippen molar-refractivity contribution in [2.75, 3.05) is 10.7 Å². The molecule has 3 rings (SSSR count). The number of hydrogen-bond acceptors (Lipinski definition) is 10. The Bertz CT molecular complexity index is 1370. The summed E-state index contributed by atoms with van der Waals surface area (Å²) in [5.74, 6) is -3.48. The summed E-state index contributed by atoms with van der Waals surface area (Å²) in [6, 6.07) is 4.02. The zero-order valence-electron chi connectivity index (χ0n) is 18.3. The van der Waals surface area contributed by atoms with Crippen LogP contribution in [0.15, 0.2) is 35.3 Å². The Kier molecular flexibility index (Phi) is 7.58. The number of benzene rings is 1. The van der Waals surface area contributed by atoms with Gasteiger partial charge in [0.15, 0.2) is 11.2 Å². The number of nitrogens with zero attached hydrogens (tertiary/aromatic N) is 4. The summed E-state index contributed by atoms with van der Waals surface area (Å²) in [6.45, 7) is -0.166. The third-order valence-electron chi connectivity index (χ3n) is 4.73. The average molecular weight is 500 g/mol. The fourth-order valence-electron chi connectivity index (χ4n) is 3.08. The molecule has 0 aliphatic rings. The Morgan fingerprint density at radius 2 is 1.78 bits per heavy atom. The third-order valence-corrected chi connectivity index (χ3v) is 4.73. The number of aliphatic carboxylic acids is 2. The summed E-state index contributed by atoms with van der Waals surface area (Å²) in [7, 11) is 0. The zero-order valence-corrected chi connectivity index (χ0v) is 18.3. The van der Waals surface area contributed by atoms with Crippen LogP contribution in [-0.4, -0.2) is 65.2 Å². The highest BCUT2D eigenvalue weighted by Gasteiger charge is 2.22. The van der Waals surface area contributed by atoms with Crippen molar-refractivity contribution in [3.8, 4) is 0 Å². The van der Waals surface area contributed by atoms with Gasteiger partial charge in [0.05, 0.1) is 24.1 Å². The van der Waals surface area contributed by atoms with Gasteiger partial charge < -0.3 is 26.4 Å². The number of carboxylic acid groups (broad SMARTS) is 3. The van der Waals surface area contributed by atoms with E-state index in [4.69, 9.17) is 10.8 Å². The van der Waals surface area contributed by atoms with E-state index in [-0.39, 0.29) is 47.0 Å². The Morgan fingerprint density at radius 3 is 2.39 bits per heavy atom. The van der Waals surface area contributed by atoms with E-state index in [1.807, 2.05) is 0 Å². The van der Waals surface area contributed by atoms with E-state index in [0.717, 1.165) is 5.01 Å². The summed E-state index contributed by atoms with van der Waals surface area (Å²) in [4.78, 5) is 72.1. The Morgan fingerprint density at radius 1 is 1.08 bits per heavy atom. The predicted molar refractivity (Wildman–Crippen MR) is 122 cm³/mol. The summed E-state index contributed by atoms with van der Waals surface area (Å²) >= 11 is 0. The molecular weight excluding hydrogens is 480 g/mol. The minimum atomic E-state index is -1.40. The number of carboxylic acids is 2. The number of carbonyl (C=O) groups is 4. The maximum Gasteiger partial charge on any atom is 0.423 e. The summed E-state index contributed by atoms with van der Waals surface area (Å²) < 4.78 is 0. The van der Waals surface area contributed by atoms with E-state index in [9.17, 15) is 34.2 Å². The normalized spacial score (nSPS) is 11.4. The van der Waals surface area contributed by atoms with Gasteiger partial charge in [-0.2, -0.15) is 4.98 Å². The number of nitrogen functional groups attached to an aromatic ring is 1. The van der Waals surface area contributed by atoms with Crippen molar-refractivity contribution in [2.45, 2.75) is 25.4 Å². The molecule has 0 unspecified atom stereocenters. The molecule has 36 heavy (non-hydrogen) atoms. The van der Waals surface area contributed by atoms with Crippen LogP contribution in [0.2, 0.25) is 0 Å². The Labute approximate surface area is 200 Å². The molecule has 0 aliphatic carbocycles. The van der Waals surface area contributed by atoms with Gasteiger partial charge >= 0.3 is 18.0 Å². The van der Waals surface area contributed by atoms with E-state index in [1.165, 1.54) is 30.5 Å². The number of nitrogens with two attached hydrogens (primary N) is 1. The van der Waals surface area contributed by atoms with Crippen LogP contribution in [-0.2, 0) is 16.1 Å². The standard InChI is InChI=1S/C20H20N8O8/c21-19-25-15-14(17(32)26-19)23-10(7-22-15)8-28(27-20(35)36)11-3-1-9(2-4-11)16(31)24-12(18(33)34)5-6-13(29)30/h1-4,7,12,27H,5-6,8H2,(H,24,31)(H,29,30)(H,33,34)(H,35,36)(H3,21,22,25,26,32)/t12-/m0/s1. The number of carbonyl (C=O) groups excluding carboxylic acids is 1. The maximum absolute atomic E-state index is 12.4. The first-order valence-corrected chi connectivity index (χ1v) is 10.2. The molecule has 1 aromatic carbocycles. The predicted octanol–water partition coefficient (Wildman–Crippen LogP) is -0.468. The van der Waals surface area contributed by atoms with Crippen molar-refractivity contribution in [1.82, 2.24) is 30.7 Å². The molecule has 0 fully saturated rings. The fraction of sp³-hybridized carbons (Fsp3) is 0.200. The number of aromatic nitrogens is 4. The van der Waals surface area contributed by atoms with Crippen LogP contribution < -0.4 is 27.0 Å². The minimum absolute atomic E-state index is 0.0103. The molecule has 0 spiro atoms. The van der Waals surface area contributed by atoms with Crippen LogP contribution in [0.4, 0.5) is 16.4 Å². The van der Waals surface area contributed by atoms with Gasteiger partial charge in [0, 0.05) is 12.0 Å². The number of rotatable bonds is 10. The highest BCUT2D eigenvalue weighted by molar-refractivity contribution is 5.97. The first-order chi connectivity index (χ1) is 17.0. The van der Waals surface area contributed by atoms with Gasteiger partial charge in [0.2, 0.25) is 5.95 Å². The second-order valence-electron chi connectivity index (χ2n) is 7.33. The van der Waals surface area contributed by atoms with Crippen molar-refractivity contribution >= 4 is 46.7 Å². The zero-order chi connectivity index (χ0) is 26.4. The summed E-state index contributed by atoms with van der Waals surface area (Å²) in [5, 5.41) is 30.6. The minimum Gasteiger partial charge on any atom is -0.481 e. The second kappa shape index (κ2) is 10.8. The van der Waals surface area contributed by atoms with Gasteiger partial charge in [-0.3, -0.25) is 24.4 Å². The van der Waals surface area contributed by atoms with Crippen LogP contribution in [0.3, 0.4) is 0 Å². The van der Waals surface area contributed by atoms with Gasteiger partial charge in [-0.25, -0.2) is 25.0 Å². The molecule has 3 aromatic rings. The van der Waals surface area contributed by atoms with Crippen LogP contribution in [0.25, 0.3) is 11.2 Å². The molecule has 8 N–H and O–H groups in total. The van der Waals surface area contributed by atoms with Crippen LogP contribution in [0.1, 0.15) is 28.9 Å². The molecule has 188 valence electrons. The molecule has 0 aliphatic heterocycles. The molecule has 0 bridgehead atoms. The van der Waals surface area contributed by atoms with Crippen LogP contribution in [0, 0.1) is 0 Å². The topological polar surface area (TPSA) is 254 Å². The number of H-pyrrole nitrogens is 1. The average Bonchev–Trinajstić information content (AvgIpc) is 2.81. The van der Waals surface area contributed by atoms with E-state index < -0.39 is 42.0 Å². The van der Waals surface area contributed by atoms with Gasteiger partial charge in [-0.15, -0.1) is 0 Å². The number of anilines is 2. The van der Waals surface area contributed by atoms with Gasteiger partial charge in [-0.1, -0.05) is 0 Å². The Balaban J connectivity index is 1.79. The lowest BCUT2D eigenvalue weighted by Crippen LogP contribution is -2.42. The van der Waals surface area contributed by atoms with Gasteiger partial charge in [0.1, 0.15) is 6.04 Å². The number of hydrazine groups is 1. The molecular formula is C20H20N8O8. The SMILES string of the molecule is Nc1nc2ncc(CN(NC(=O)O)c3ccc(C(=O)N[C@@H](CCC(=O)O)C(=O)O)cc3)nc2c(=O)[nH]1. The number of amides is 2. The van der Waals surface area contributed by atoms with Crippen molar-refractivity contribution in [3.63, 3.8) is 0 Å². The highest BCUT2D eigenvalue weighted by atomic mass is 16.4. The first kappa shape index (κ1) is 25.3. The molecule has 16 nitrogen and oxygen atoms in total. The van der Waals surface area contributed by atoms with Crippen molar-refractivity contribution in [1.29, 1.82) is 0 Å². The van der Waals surface area contributed by atoms with E-state index in [2.05, 4.69) is 30.7 Å². The fourth-order valence-corrected chi connectivity index (χ4v) is 3.08. The highest BCUT2D eigenvalue weighted by Crippen LogP contribution is 2.17. The quantitative estimate of drug-likeness (QED) is 0.174. The molecule has 2 aromatic heterocycles. The van der Waals surface area contributed by atoms with Crippen LogP contribution >= 0.6 is 0 Å². The molecule has 0 saturated heterocycles. The van der Waals surface area contributed by atoms with Gasteiger partial charge in [-0.05, 0) is 30.7 Å². The third kappa shape index (κ3) is 6.40. The second-order valence-corrected chi connectivity index (χ2v) is 7.33. The lowest BCUT2D eigenvalue weighted by molar-refractivity contribution is -0.140. The monoisotopic (exact) mass is 500 g/mol. The molecule has 2 amide bonds. The maximum atomic E-state index is 12.4. The molecule has 0 radical (unpaired) electrons. The summed E-state index contributed by atoms with van der Waals surface area (Å²) in [5.41, 5.74) is 7.47.